The van der Waals surface area contributed by atoms with Crippen molar-refractivity contribution in [3.05, 3.63) is 0 Å². The van der Waals surface area contributed by atoms with Crippen molar-refractivity contribution in [1.82, 2.24) is 10.4 Å². The third kappa shape index (κ3) is 2.38. The summed E-state index contributed by atoms with van der Waals surface area (Å²) < 4.78 is 0. The molecule has 1 aliphatic heterocycles. The molecule has 1 atom stereocenters. The summed E-state index contributed by atoms with van der Waals surface area (Å²) in [5, 5.41) is 2.97. The quantitative estimate of drug-likeness (QED) is 0.661. The second-order valence-electron chi connectivity index (χ2n) is 3.56. The zero-order valence-electron chi connectivity index (χ0n) is 8.22. The summed E-state index contributed by atoms with van der Waals surface area (Å²) in [5.74, 6) is 1.10. The molecule has 0 aromatic rings. The molecule has 12 heavy (non-hydrogen) atoms. The first-order valence-corrected chi connectivity index (χ1v) is 5.21. The molecule has 1 N–H and O–H groups in total. The van der Waals surface area contributed by atoms with Crippen LogP contribution in [-0.4, -0.2) is 35.6 Å². The van der Waals surface area contributed by atoms with E-state index in [0.717, 1.165) is 17.3 Å². The Morgan fingerprint density at radius 2 is 2.33 bits per heavy atom. The summed E-state index contributed by atoms with van der Waals surface area (Å²) in [6.07, 6.45) is 1.11. The highest BCUT2D eigenvalue weighted by Crippen LogP contribution is 2.28. The van der Waals surface area contributed by atoms with Gasteiger partial charge in [0.1, 0.15) is 0 Å². The van der Waals surface area contributed by atoms with Crippen molar-refractivity contribution in [3.63, 3.8) is 0 Å². The highest BCUT2D eigenvalue weighted by atomic mass is 32.2. The van der Waals surface area contributed by atoms with E-state index in [9.17, 15) is 0 Å². The van der Waals surface area contributed by atoms with E-state index in [2.05, 4.69) is 24.3 Å². The molecule has 0 fully saturated rings. The van der Waals surface area contributed by atoms with Gasteiger partial charge in [0.05, 0.1) is 5.54 Å². The Morgan fingerprint density at radius 3 is 2.75 bits per heavy atom. The molecule has 1 heterocycles. The monoisotopic (exact) mass is 187 g/mol. The Balaban J connectivity index is 2.53. The van der Waals surface area contributed by atoms with Gasteiger partial charge in [0.2, 0.25) is 0 Å². The average molecular weight is 187 g/mol. The fourth-order valence-corrected chi connectivity index (χ4v) is 2.21. The lowest BCUT2D eigenvalue weighted by Gasteiger charge is -2.15. The fourth-order valence-electron chi connectivity index (χ4n) is 0.963. The van der Waals surface area contributed by atoms with Crippen molar-refractivity contribution >= 4 is 16.9 Å². The number of hydrogen-bond donors (Lipinski definition) is 1. The van der Waals surface area contributed by atoms with Crippen LogP contribution in [0.15, 0.2) is 4.99 Å². The number of nitrogens with one attached hydrogen (secondary N) is 1. The molecule has 4 heteroatoms. The van der Waals surface area contributed by atoms with Crippen molar-refractivity contribution in [2.75, 3.05) is 19.8 Å². The van der Waals surface area contributed by atoms with Gasteiger partial charge in [-0.1, -0.05) is 18.7 Å². The number of rotatable bonds is 2. The first-order chi connectivity index (χ1) is 5.56. The van der Waals surface area contributed by atoms with Gasteiger partial charge in [0.25, 0.3) is 0 Å². The molecule has 0 saturated heterocycles. The van der Waals surface area contributed by atoms with Crippen LogP contribution < -0.4 is 5.43 Å². The van der Waals surface area contributed by atoms with Crippen molar-refractivity contribution < 1.29 is 0 Å². The Hall–Kier alpha value is -0.220. The maximum Gasteiger partial charge on any atom is 0.171 e. The van der Waals surface area contributed by atoms with Gasteiger partial charge in [-0.05, 0) is 13.3 Å². The molecule has 0 bridgehead atoms. The molecule has 0 radical (unpaired) electrons. The molecule has 3 nitrogen and oxygen atoms in total. The molecular formula is C8H17N3S. The van der Waals surface area contributed by atoms with E-state index in [1.807, 2.05) is 19.1 Å². The Bertz CT molecular complexity index is 191. The van der Waals surface area contributed by atoms with Gasteiger partial charge in [-0.15, -0.1) is 0 Å². The maximum absolute atomic E-state index is 4.61. The smallest absolute Gasteiger partial charge is 0.171 e. The lowest BCUT2D eigenvalue weighted by molar-refractivity contribution is 0.364. The van der Waals surface area contributed by atoms with Crippen LogP contribution in [0.2, 0.25) is 0 Å². The summed E-state index contributed by atoms with van der Waals surface area (Å²) in [4.78, 5) is 4.61. The van der Waals surface area contributed by atoms with Crippen LogP contribution in [-0.2, 0) is 0 Å². The lowest BCUT2D eigenvalue weighted by Crippen LogP contribution is -2.33. The molecule has 1 unspecified atom stereocenters. The third-order valence-electron chi connectivity index (χ3n) is 1.97. The highest BCUT2D eigenvalue weighted by Gasteiger charge is 2.28. The number of hydrazine groups is 1. The molecule has 70 valence electrons. The minimum Gasteiger partial charge on any atom is -0.298 e. The standard InChI is InChI=1S/C8H17N3S/c1-5-8(2)6-12-7(9-8)10-11(3)4/h5-6H2,1-4H3,(H,9,10). The van der Waals surface area contributed by atoms with Crippen LogP contribution in [0.5, 0.6) is 0 Å². The van der Waals surface area contributed by atoms with Crippen LogP contribution >= 0.6 is 11.8 Å². The molecule has 0 amide bonds. The fraction of sp³-hybridized carbons (Fsp3) is 0.875. The SMILES string of the molecule is CCC1(C)CSC(NN(C)C)=N1. The predicted molar refractivity (Wildman–Crippen MR) is 55.4 cm³/mol. The minimum atomic E-state index is 0.156. The number of hydrogen-bond acceptors (Lipinski definition) is 4. The largest absolute Gasteiger partial charge is 0.298 e. The summed E-state index contributed by atoms with van der Waals surface area (Å²) in [7, 11) is 3.95. The number of amidine groups is 1. The van der Waals surface area contributed by atoms with Crippen LogP contribution in [0.25, 0.3) is 0 Å². The summed E-state index contributed by atoms with van der Waals surface area (Å²) in [6, 6.07) is 0. The van der Waals surface area contributed by atoms with Gasteiger partial charge in [0.15, 0.2) is 5.17 Å². The first-order valence-electron chi connectivity index (χ1n) is 4.22. The summed E-state index contributed by atoms with van der Waals surface area (Å²) >= 11 is 1.80. The van der Waals surface area contributed by atoms with Crippen LogP contribution in [0, 0.1) is 0 Å². The van der Waals surface area contributed by atoms with E-state index < -0.39 is 0 Å². The first kappa shape index (κ1) is 9.86. The average Bonchev–Trinajstić information content (AvgIpc) is 2.32. The van der Waals surface area contributed by atoms with E-state index in [0.29, 0.717) is 0 Å². The second kappa shape index (κ2) is 3.66. The van der Waals surface area contributed by atoms with E-state index in [-0.39, 0.29) is 5.54 Å². The number of nitrogens with zero attached hydrogens (tertiary/aromatic N) is 2. The molecule has 0 spiro atoms. The molecule has 0 aliphatic carbocycles. The maximum atomic E-state index is 4.61. The number of aliphatic imine (C=N–C) groups is 1. The zero-order chi connectivity index (χ0) is 9.19. The van der Waals surface area contributed by atoms with Crippen molar-refractivity contribution in [1.29, 1.82) is 0 Å². The van der Waals surface area contributed by atoms with E-state index >= 15 is 0 Å². The Kier molecular flexibility index (Phi) is 3.01. The van der Waals surface area contributed by atoms with Gasteiger partial charge in [0, 0.05) is 19.8 Å². The van der Waals surface area contributed by atoms with Gasteiger partial charge in [-0.25, -0.2) is 5.01 Å². The zero-order valence-corrected chi connectivity index (χ0v) is 9.03. The van der Waals surface area contributed by atoms with Gasteiger partial charge in [-0.3, -0.25) is 10.4 Å². The van der Waals surface area contributed by atoms with Crippen molar-refractivity contribution in [2.45, 2.75) is 25.8 Å². The van der Waals surface area contributed by atoms with Gasteiger partial charge >= 0.3 is 0 Å². The lowest BCUT2D eigenvalue weighted by atomic mass is 10.0. The van der Waals surface area contributed by atoms with E-state index in [1.165, 1.54) is 0 Å². The third-order valence-corrected chi connectivity index (χ3v) is 3.19. The molecule has 0 aromatic carbocycles. The molecule has 0 saturated carbocycles. The Morgan fingerprint density at radius 1 is 1.67 bits per heavy atom. The van der Waals surface area contributed by atoms with Crippen molar-refractivity contribution in [3.8, 4) is 0 Å². The summed E-state index contributed by atoms with van der Waals surface area (Å²) in [6.45, 7) is 4.38. The molecule has 0 aromatic heterocycles. The highest BCUT2D eigenvalue weighted by molar-refractivity contribution is 8.14. The van der Waals surface area contributed by atoms with Crippen LogP contribution in [0.3, 0.4) is 0 Å². The van der Waals surface area contributed by atoms with Crippen LogP contribution in [0.1, 0.15) is 20.3 Å². The van der Waals surface area contributed by atoms with Crippen molar-refractivity contribution in [2.24, 2.45) is 4.99 Å². The van der Waals surface area contributed by atoms with Crippen LogP contribution in [0.4, 0.5) is 0 Å². The minimum absolute atomic E-state index is 0.156. The summed E-state index contributed by atoms with van der Waals surface area (Å²) in [5.41, 5.74) is 3.33. The molecular weight excluding hydrogens is 170 g/mol. The normalized spacial score (nSPS) is 29.2. The molecule has 1 rings (SSSR count). The predicted octanol–water partition coefficient (Wildman–Crippen LogP) is 1.32. The number of thioether (sulfide) groups is 1. The topological polar surface area (TPSA) is 27.6 Å². The van der Waals surface area contributed by atoms with Gasteiger partial charge < -0.3 is 0 Å². The van der Waals surface area contributed by atoms with Gasteiger partial charge in [-0.2, -0.15) is 0 Å². The van der Waals surface area contributed by atoms with E-state index in [4.69, 9.17) is 0 Å². The Labute approximate surface area is 78.6 Å². The van der Waals surface area contributed by atoms with E-state index in [1.54, 1.807) is 11.8 Å². The second-order valence-corrected chi connectivity index (χ2v) is 4.53. The molecule has 1 aliphatic rings.